The lowest BCUT2D eigenvalue weighted by Gasteiger charge is -2.19. The molecule has 19 heavy (non-hydrogen) atoms. The highest BCUT2D eigenvalue weighted by Gasteiger charge is 2.13. The van der Waals surface area contributed by atoms with Gasteiger partial charge in [-0.15, -0.1) is 5.10 Å². The molecule has 1 aromatic carbocycles. The number of anilines is 2. The Labute approximate surface area is 113 Å². The summed E-state index contributed by atoms with van der Waals surface area (Å²) >= 11 is 0. The fraction of sp³-hybridized carbons (Fsp3) is 0.429. The Bertz CT molecular complexity index is 525. The molecule has 0 saturated heterocycles. The number of nitrogens with zero attached hydrogens (tertiary/aromatic N) is 2. The van der Waals surface area contributed by atoms with E-state index in [1.807, 2.05) is 12.1 Å². The molecule has 0 aliphatic carbocycles. The smallest absolute Gasteiger partial charge is 0.320 e. The van der Waals surface area contributed by atoms with E-state index in [4.69, 9.17) is 10.2 Å². The highest BCUT2D eigenvalue weighted by Crippen LogP contribution is 2.24. The normalized spacial score (nSPS) is 11.6. The van der Waals surface area contributed by atoms with E-state index in [1.54, 1.807) is 0 Å². The van der Waals surface area contributed by atoms with Gasteiger partial charge in [-0.05, 0) is 23.1 Å². The quantitative estimate of drug-likeness (QED) is 0.883. The van der Waals surface area contributed by atoms with Crippen LogP contribution < -0.4 is 11.1 Å². The van der Waals surface area contributed by atoms with Gasteiger partial charge in [-0.3, -0.25) is 0 Å². The second kappa shape index (κ2) is 5.40. The maximum atomic E-state index is 5.43. The van der Waals surface area contributed by atoms with Gasteiger partial charge in [0.15, 0.2) is 0 Å². The molecule has 0 aliphatic heterocycles. The summed E-state index contributed by atoms with van der Waals surface area (Å²) in [6.45, 7) is 7.06. The van der Waals surface area contributed by atoms with Crippen LogP contribution in [0.1, 0.15) is 32.2 Å². The van der Waals surface area contributed by atoms with Gasteiger partial charge in [-0.1, -0.05) is 38.0 Å². The molecule has 2 rings (SSSR count). The molecule has 0 unspecified atom stereocenters. The van der Waals surface area contributed by atoms with Crippen molar-refractivity contribution in [2.24, 2.45) is 5.73 Å². The standard InChI is InChI=1S/C14H20N4O/c1-14(2,3)10-4-6-11(7-5-10)16-13-18-17-12(19-13)8-9-15/h4-7H,8-9,15H2,1-3H3,(H,16,18). The number of nitrogens with one attached hydrogen (secondary N) is 1. The van der Waals surface area contributed by atoms with Crippen molar-refractivity contribution < 1.29 is 4.42 Å². The van der Waals surface area contributed by atoms with Crippen LogP contribution in [0.2, 0.25) is 0 Å². The van der Waals surface area contributed by atoms with Gasteiger partial charge in [0.25, 0.3) is 0 Å². The molecule has 2 aromatic rings. The zero-order chi connectivity index (χ0) is 13.9. The molecular formula is C14H20N4O. The Morgan fingerprint density at radius 3 is 2.42 bits per heavy atom. The molecule has 0 bridgehead atoms. The molecule has 0 aliphatic rings. The number of rotatable bonds is 4. The van der Waals surface area contributed by atoms with E-state index in [0.717, 1.165) is 5.69 Å². The van der Waals surface area contributed by atoms with Crippen molar-refractivity contribution >= 4 is 11.7 Å². The minimum absolute atomic E-state index is 0.150. The molecule has 0 spiro atoms. The molecule has 0 amide bonds. The van der Waals surface area contributed by atoms with E-state index < -0.39 is 0 Å². The molecular weight excluding hydrogens is 240 g/mol. The van der Waals surface area contributed by atoms with E-state index in [9.17, 15) is 0 Å². The number of hydrogen-bond donors (Lipinski definition) is 2. The summed E-state index contributed by atoms with van der Waals surface area (Å²) in [5, 5.41) is 10.9. The minimum atomic E-state index is 0.150. The molecule has 0 atom stereocenters. The van der Waals surface area contributed by atoms with Crippen LogP contribution in [0.3, 0.4) is 0 Å². The van der Waals surface area contributed by atoms with E-state index in [0.29, 0.717) is 24.9 Å². The summed E-state index contributed by atoms with van der Waals surface area (Å²) in [5.74, 6) is 0.552. The summed E-state index contributed by atoms with van der Waals surface area (Å²) in [6.07, 6.45) is 0.595. The van der Waals surface area contributed by atoms with Gasteiger partial charge < -0.3 is 15.5 Å². The SMILES string of the molecule is CC(C)(C)c1ccc(Nc2nnc(CCN)o2)cc1. The molecule has 5 heteroatoms. The zero-order valence-corrected chi connectivity index (χ0v) is 11.6. The first-order valence-corrected chi connectivity index (χ1v) is 6.39. The first kappa shape index (κ1) is 13.5. The molecule has 0 saturated carbocycles. The molecule has 5 nitrogen and oxygen atoms in total. The monoisotopic (exact) mass is 260 g/mol. The van der Waals surface area contributed by atoms with E-state index >= 15 is 0 Å². The number of nitrogens with two attached hydrogens (primary N) is 1. The first-order valence-electron chi connectivity index (χ1n) is 6.39. The van der Waals surface area contributed by atoms with Gasteiger partial charge in [0.2, 0.25) is 5.89 Å². The van der Waals surface area contributed by atoms with Gasteiger partial charge >= 0.3 is 6.01 Å². The lowest BCUT2D eigenvalue weighted by Crippen LogP contribution is -2.10. The van der Waals surface area contributed by atoms with Gasteiger partial charge in [-0.25, -0.2) is 0 Å². The maximum Gasteiger partial charge on any atom is 0.320 e. The van der Waals surface area contributed by atoms with Crippen molar-refractivity contribution in [3.8, 4) is 0 Å². The van der Waals surface area contributed by atoms with Crippen LogP contribution >= 0.6 is 0 Å². The topological polar surface area (TPSA) is 77.0 Å². The fourth-order valence-electron chi connectivity index (χ4n) is 1.71. The molecule has 0 radical (unpaired) electrons. The van der Waals surface area contributed by atoms with Crippen molar-refractivity contribution in [2.45, 2.75) is 32.6 Å². The van der Waals surface area contributed by atoms with Gasteiger partial charge in [0.1, 0.15) is 0 Å². The van der Waals surface area contributed by atoms with Crippen LogP contribution in [0.5, 0.6) is 0 Å². The highest BCUT2D eigenvalue weighted by atomic mass is 16.4. The molecule has 102 valence electrons. The summed E-state index contributed by atoms with van der Waals surface area (Å²) in [4.78, 5) is 0. The van der Waals surface area contributed by atoms with Crippen LogP contribution in [0.4, 0.5) is 11.7 Å². The second-order valence-electron chi connectivity index (χ2n) is 5.49. The number of hydrogen-bond acceptors (Lipinski definition) is 5. The van der Waals surface area contributed by atoms with Crippen molar-refractivity contribution in [1.82, 2.24) is 10.2 Å². The van der Waals surface area contributed by atoms with Crippen LogP contribution in [-0.4, -0.2) is 16.7 Å². The predicted molar refractivity (Wildman–Crippen MR) is 75.5 cm³/mol. The minimum Gasteiger partial charge on any atom is -0.408 e. The van der Waals surface area contributed by atoms with Crippen LogP contribution in [0.15, 0.2) is 28.7 Å². The Balaban J connectivity index is 2.06. The van der Waals surface area contributed by atoms with Gasteiger partial charge in [0.05, 0.1) is 0 Å². The average molecular weight is 260 g/mol. The molecule has 1 heterocycles. The van der Waals surface area contributed by atoms with Crippen molar-refractivity contribution in [3.05, 3.63) is 35.7 Å². The Morgan fingerprint density at radius 2 is 1.84 bits per heavy atom. The van der Waals surface area contributed by atoms with E-state index in [2.05, 4.69) is 48.4 Å². The summed E-state index contributed by atoms with van der Waals surface area (Å²) in [5.41, 5.74) is 7.79. The van der Waals surface area contributed by atoms with Gasteiger partial charge in [-0.2, -0.15) is 0 Å². The summed E-state index contributed by atoms with van der Waals surface area (Å²) in [7, 11) is 0. The second-order valence-corrected chi connectivity index (χ2v) is 5.49. The zero-order valence-electron chi connectivity index (χ0n) is 11.6. The third-order valence-electron chi connectivity index (χ3n) is 2.83. The van der Waals surface area contributed by atoms with Crippen LogP contribution in [-0.2, 0) is 11.8 Å². The third-order valence-corrected chi connectivity index (χ3v) is 2.83. The number of benzene rings is 1. The van der Waals surface area contributed by atoms with Crippen molar-refractivity contribution in [1.29, 1.82) is 0 Å². The molecule has 3 N–H and O–H groups in total. The largest absolute Gasteiger partial charge is 0.408 e. The Morgan fingerprint density at radius 1 is 1.16 bits per heavy atom. The Kier molecular flexibility index (Phi) is 3.85. The summed E-state index contributed by atoms with van der Waals surface area (Å²) < 4.78 is 5.41. The van der Waals surface area contributed by atoms with E-state index in [1.165, 1.54) is 5.56 Å². The van der Waals surface area contributed by atoms with Crippen LogP contribution in [0.25, 0.3) is 0 Å². The average Bonchev–Trinajstić information content (AvgIpc) is 2.77. The molecule has 0 fully saturated rings. The molecule has 1 aromatic heterocycles. The number of aromatic nitrogens is 2. The lowest BCUT2D eigenvalue weighted by molar-refractivity contribution is 0.510. The van der Waals surface area contributed by atoms with Crippen molar-refractivity contribution in [3.63, 3.8) is 0 Å². The van der Waals surface area contributed by atoms with Gasteiger partial charge in [0, 0.05) is 18.7 Å². The lowest BCUT2D eigenvalue weighted by atomic mass is 9.87. The fourth-order valence-corrected chi connectivity index (χ4v) is 1.71. The summed E-state index contributed by atoms with van der Waals surface area (Å²) in [6, 6.07) is 8.60. The maximum absolute atomic E-state index is 5.43. The highest BCUT2D eigenvalue weighted by molar-refractivity contribution is 5.52. The predicted octanol–water partition coefficient (Wildman–Crippen LogP) is 2.61. The first-order chi connectivity index (χ1) is 8.99. The van der Waals surface area contributed by atoms with Crippen LogP contribution in [0, 0.1) is 0 Å². The van der Waals surface area contributed by atoms with Crippen molar-refractivity contribution in [2.75, 3.05) is 11.9 Å². The third kappa shape index (κ3) is 3.54. The van der Waals surface area contributed by atoms with E-state index in [-0.39, 0.29) is 5.41 Å². The Hall–Kier alpha value is -1.88.